The topological polar surface area (TPSA) is 70.5 Å². The summed E-state index contributed by atoms with van der Waals surface area (Å²) in [4.78, 5) is 30.1. The van der Waals surface area contributed by atoms with E-state index in [0.29, 0.717) is 32.7 Å². The zero-order chi connectivity index (χ0) is 17.1. The Morgan fingerprint density at radius 3 is 2.46 bits per heavy atom. The van der Waals surface area contributed by atoms with Crippen LogP contribution in [0.2, 0.25) is 0 Å². The average Bonchev–Trinajstić information content (AvgIpc) is 3.20. The Hall–Kier alpha value is -2.35. The first kappa shape index (κ1) is 16.5. The second-order valence-corrected chi connectivity index (χ2v) is 7.08. The van der Waals surface area contributed by atoms with Crippen LogP contribution in [-0.2, 0) is 13.6 Å². The third-order valence-corrected chi connectivity index (χ3v) is 5.14. The molecule has 0 aliphatic carbocycles. The standard InChI is InChI=1S/C16H21N5O2S/c1-12-3-4-14(24-12)15(22)20-7-9-21(10-8-20)16(23)17-11-13-5-6-18-19(13)2/h3-6H,7-11H2,1-2H3,(H,17,23). The van der Waals surface area contributed by atoms with Crippen molar-refractivity contribution in [2.75, 3.05) is 26.2 Å². The van der Waals surface area contributed by atoms with Gasteiger partial charge >= 0.3 is 6.03 Å². The molecule has 1 saturated heterocycles. The van der Waals surface area contributed by atoms with Crippen LogP contribution in [0.15, 0.2) is 24.4 Å². The van der Waals surface area contributed by atoms with Gasteiger partial charge in [-0.25, -0.2) is 4.79 Å². The van der Waals surface area contributed by atoms with Crippen LogP contribution >= 0.6 is 11.3 Å². The number of aryl methyl sites for hydroxylation is 2. The highest BCUT2D eigenvalue weighted by molar-refractivity contribution is 7.13. The van der Waals surface area contributed by atoms with Crippen molar-refractivity contribution in [2.45, 2.75) is 13.5 Å². The maximum atomic E-state index is 12.4. The molecule has 8 heteroatoms. The lowest BCUT2D eigenvalue weighted by Gasteiger charge is -2.34. The summed E-state index contributed by atoms with van der Waals surface area (Å²) >= 11 is 1.51. The predicted octanol–water partition coefficient (Wildman–Crippen LogP) is 1.46. The maximum absolute atomic E-state index is 12.4. The van der Waals surface area contributed by atoms with E-state index in [1.54, 1.807) is 15.8 Å². The third kappa shape index (κ3) is 3.59. The summed E-state index contributed by atoms with van der Waals surface area (Å²) in [6.07, 6.45) is 1.71. The van der Waals surface area contributed by atoms with E-state index < -0.39 is 0 Å². The number of rotatable bonds is 3. The van der Waals surface area contributed by atoms with Gasteiger partial charge in [-0.3, -0.25) is 9.48 Å². The molecule has 0 aromatic carbocycles. The molecule has 24 heavy (non-hydrogen) atoms. The van der Waals surface area contributed by atoms with Crippen LogP contribution in [0.25, 0.3) is 0 Å². The van der Waals surface area contributed by atoms with Gasteiger partial charge in [0.2, 0.25) is 0 Å². The Morgan fingerprint density at radius 2 is 1.88 bits per heavy atom. The Bertz CT molecular complexity index is 730. The van der Waals surface area contributed by atoms with E-state index in [1.165, 1.54) is 11.3 Å². The Kier molecular flexibility index (Phi) is 4.84. The zero-order valence-electron chi connectivity index (χ0n) is 13.9. The lowest BCUT2D eigenvalue weighted by Crippen LogP contribution is -2.53. The van der Waals surface area contributed by atoms with E-state index in [4.69, 9.17) is 0 Å². The van der Waals surface area contributed by atoms with Crippen LogP contribution in [0.4, 0.5) is 4.79 Å². The molecule has 1 aliphatic rings. The average molecular weight is 347 g/mol. The molecular formula is C16H21N5O2S. The van der Waals surface area contributed by atoms with Gasteiger partial charge in [-0.1, -0.05) is 0 Å². The number of urea groups is 1. The largest absolute Gasteiger partial charge is 0.334 e. The smallest absolute Gasteiger partial charge is 0.317 e. The second kappa shape index (κ2) is 7.04. The van der Waals surface area contributed by atoms with E-state index in [2.05, 4.69) is 10.4 Å². The van der Waals surface area contributed by atoms with Crippen molar-refractivity contribution >= 4 is 23.3 Å². The number of nitrogens with one attached hydrogen (secondary N) is 1. The van der Waals surface area contributed by atoms with Gasteiger partial charge in [-0.05, 0) is 25.1 Å². The fourth-order valence-corrected chi connectivity index (χ4v) is 3.51. The molecule has 0 radical (unpaired) electrons. The number of carbonyl (C=O) groups excluding carboxylic acids is 2. The molecule has 3 rings (SSSR count). The fourth-order valence-electron chi connectivity index (χ4n) is 2.67. The minimum absolute atomic E-state index is 0.0584. The number of amides is 3. The van der Waals surface area contributed by atoms with Crippen LogP contribution in [0.1, 0.15) is 20.2 Å². The highest BCUT2D eigenvalue weighted by Gasteiger charge is 2.25. The lowest BCUT2D eigenvalue weighted by atomic mass is 10.3. The van der Waals surface area contributed by atoms with Crippen molar-refractivity contribution < 1.29 is 9.59 Å². The Morgan fingerprint density at radius 1 is 1.17 bits per heavy atom. The van der Waals surface area contributed by atoms with E-state index >= 15 is 0 Å². The molecule has 3 heterocycles. The van der Waals surface area contributed by atoms with Crippen LogP contribution < -0.4 is 5.32 Å². The Labute approximate surface area is 144 Å². The summed E-state index contributed by atoms with van der Waals surface area (Å²) in [7, 11) is 1.85. The van der Waals surface area contributed by atoms with Gasteiger partial charge in [-0.2, -0.15) is 5.10 Å². The number of hydrogen-bond acceptors (Lipinski definition) is 4. The van der Waals surface area contributed by atoms with Crippen molar-refractivity contribution in [1.29, 1.82) is 0 Å². The van der Waals surface area contributed by atoms with Crippen LogP contribution in [0.3, 0.4) is 0 Å². The minimum Gasteiger partial charge on any atom is -0.334 e. The highest BCUT2D eigenvalue weighted by Crippen LogP contribution is 2.18. The fraction of sp³-hybridized carbons (Fsp3) is 0.438. The normalized spacial score (nSPS) is 14.8. The van der Waals surface area contributed by atoms with Crippen molar-refractivity contribution in [3.8, 4) is 0 Å². The molecule has 128 valence electrons. The van der Waals surface area contributed by atoms with E-state index in [0.717, 1.165) is 15.4 Å². The van der Waals surface area contributed by atoms with Crippen molar-refractivity contribution in [1.82, 2.24) is 24.9 Å². The van der Waals surface area contributed by atoms with Gasteiger partial charge in [0.05, 0.1) is 17.1 Å². The number of piperazine rings is 1. The van der Waals surface area contributed by atoms with Crippen LogP contribution in [-0.4, -0.2) is 57.7 Å². The highest BCUT2D eigenvalue weighted by atomic mass is 32.1. The van der Waals surface area contributed by atoms with Crippen LogP contribution in [0, 0.1) is 6.92 Å². The van der Waals surface area contributed by atoms with E-state index in [9.17, 15) is 9.59 Å². The van der Waals surface area contributed by atoms with Gasteiger partial charge in [0, 0.05) is 44.3 Å². The van der Waals surface area contributed by atoms with Gasteiger partial charge in [0.25, 0.3) is 5.91 Å². The third-order valence-electron chi connectivity index (χ3n) is 4.15. The first-order chi connectivity index (χ1) is 11.5. The van der Waals surface area contributed by atoms with Gasteiger partial charge < -0.3 is 15.1 Å². The van der Waals surface area contributed by atoms with Crippen molar-refractivity contribution in [3.05, 3.63) is 39.8 Å². The van der Waals surface area contributed by atoms with Gasteiger partial charge in [0.15, 0.2) is 0 Å². The molecular weight excluding hydrogens is 326 g/mol. The number of carbonyl (C=O) groups is 2. The zero-order valence-corrected chi connectivity index (χ0v) is 14.7. The molecule has 0 bridgehead atoms. The molecule has 1 aliphatic heterocycles. The lowest BCUT2D eigenvalue weighted by molar-refractivity contribution is 0.0669. The van der Waals surface area contributed by atoms with Crippen molar-refractivity contribution in [2.24, 2.45) is 7.05 Å². The number of hydrogen-bond donors (Lipinski definition) is 1. The summed E-state index contributed by atoms with van der Waals surface area (Å²) in [5.74, 6) is 0.0584. The summed E-state index contributed by atoms with van der Waals surface area (Å²) in [5.41, 5.74) is 0.949. The van der Waals surface area contributed by atoms with Crippen LogP contribution in [0.5, 0.6) is 0 Å². The molecule has 2 aromatic heterocycles. The van der Waals surface area contributed by atoms with Gasteiger partial charge in [-0.15, -0.1) is 11.3 Å². The monoisotopic (exact) mass is 347 g/mol. The first-order valence-electron chi connectivity index (χ1n) is 7.90. The molecule has 7 nitrogen and oxygen atoms in total. The molecule has 1 N–H and O–H groups in total. The Balaban J connectivity index is 1.48. The summed E-state index contributed by atoms with van der Waals surface area (Å²) in [6.45, 7) is 4.67. The minimum atomic E-state index is -0.102. The molecule has 0 atom stereocenters. The molecule has 0 spiro atoms. The first-order valence-corrected chi connectivity index (χ1v) is 8.71. The SMILES string of the molecule is Cc1ccc(C(=O)N2CCN(C(=O)NCc3ccnn3C)CC2)s1. The van der Waals surface area contributed by atoms with Crippen molar-refractivity contribution in [3.63, 3.8) is 0 Å². The number of thiophene rings is 1. The second-order valence-electron chi connectivity index (χ2n) is 5.79. The molecule has 0 saturated carbocycles. The molecule has 1 fully saturated rings. The maximum Gasteiger partial charge on any atom is 0.317 e. The molecule has 3 amide bonds. The van der Waals surface area contributed by atoms with E-state index in [-0.39, 0.29) is 11.9 Å². The molecule has 2 aromatic rings. The van der Waals surface area contributed by atoms with Gasteiger partial charge in [0.1, 0.15) is 0 Å². The molecule has 0 unspecified atom stereocenters. The summed E-state index contributed by atoms with van der Waals surface area (Å²) in [5, 5.41) is 6.97. The van der Waals surface area contributed by atoms with E-state index in [1.807, 2.05) is 37.1 Å². The summed E-state index contributed by atoms with van der Waals surface area (Å²) < 4.78 is 1.74. The quantitative estimate of drug-likeness (QED) is 0.914. The number of nitrogens with zero attached hydrogens (tertiary/aromatic N) is 4. The number of aromatic nitrogens is 2. The predicted molar refractivity (Wildman–Crippen MR) is 92.0 cm³/mol. The summed E-state index contributed by atoms with van der Waals surface area (Å²) in [6, 6.07) is 5.60.